The molecule has 1 aromatic heterocycles. The summed E-state index contributed by atoms with van der Waals surface area (Å²) in [6, 6.07) is 3.64. The number of nitrogens with zero attached hydrogens (tertiary/aromatic N) is 4. The summed E-state index contributed by atoms with van der Waals surface area (Å²) in [6.07, 6.45) is 5.82. The lowest BCUT2D eigenvalue weighted by molar-refractivity contribution is -0.124. The molecule has 1 amide bonds. The van der Waals surface area contributed by atoms with Crippen molar-refractivity contribution < 1.29 is 9.18 Å². The number of nitrogens with two attached hydrogens (primary N) is 1. The number of allylic oxidation sites excluding steroid dienone is 1. The van der Waals surface area contributed by atoms with Gasteiger partial charge in [-0.05, 0) is 25.0 Å². The maximum Gasteiger partial charge on any atom is 0.266 e. The zero-order valence-electron chi connectivity index (χ0n) is 15.7. The second-order valence-corrected chi connectivity index (χ2v) is 7.99. The maximum atomic E-state index is 14.7. The molecule has 3 aliphatic rings. The lowest BCUT2D eigenvalue weighted by atomic mass is 10.1. The van der Waals surface area contributed by atoms with Crippen LogP contribution >= 0.6 is 11.8 Å². The highest BCUT2D eigenvalue weighted by Gasteiger charge is 2.37. The Hall–Kier alpha value is -2.55. The molecule has 0 aromatic carbocycles. The monoisotopic (exact) mass is 402 g/mol. The number of thioether (sulfide) groups is 1. The van der Waals surface area contributed by atoms with Crippen LogP contribution in [0.15, 0.2) is 39.6 Å². The molecule has 1 saturated heterocycles. The fraction of sp³-hybridized carbons (Fsp3) is 0.421. The van der Waals surface area contributed by atoms with Crippen molar-refractivity contribution in [3.05, 3.63) is 46.1 Å². The van der Waals surface area contributed by atoms with E-state index in [0.717, 1.165) is 31.6 Å². The van der Waals surface area contributed by atoms with Crippen LogP contribution in [-0.4, -0.2) is 48.7 Å². The zero-order chi connectivity index (χ0) is 19.7. The molecule has 9 heteroatoms. The smallest absolute Gasteiger partial charge is 0.266 e. The molecule has 0 saturated carbocycles. The molecule has 1 aromatic rings. The highest BCUT2D eigenvalue weighted by atomic mass is 32.2. The third kappa shape index (κ3) is 3.34. The second-order valence-electron chi connectivity index (χ2n) is 6.88. The van der Waals surface area contributed by atoms with Crippen LogP contribution in [0.1, 0.15) is 30.2 Å². The molecule has 7 nitrogen and oxygen atoms in total. The van der Waals surface area contributed by atoms with E-state index in [0.29, 0.717) is 34.9 Å². The number of hydrogen-bond acceptors (Lipinski definition) is 7. The van der Waals surface area contributed by atoms with Gasteiger partial charge >= 0.3 is 0 Å². The van der Waals surface area contributed by atoms with Gasteiger partial charge in [-0.3, -0.25) is 9.79 Å². The summed E-state index contributed by atoms with van der Waals surface area (Å²) >= 11 is 1.33. The van der Waals surface area contributed by atoms with Crippen LogP contribution in [0.25, 0.3) is 0 Å². The summed E-state index contributed by atoms with van der Waals surface area (Å²) in [4.78, 5) is 25.3. The van der Waals surface area contributed by atoms with Crippen LogP contribution in [-0.2, 0) is 4.79 Å². The van der Waals surface area contributed by atoms with E-state index in [1.165, 1.54) is 18.0 Å². The van der Waals surface area contributed by atoms with Crippen LogP contribution in [0.2, 0.25) is 0 Å². The van der Waals surface area contributed by atoms with Crippen molar-refractivity contribution in [1.29, 1.82) is 0 Å². The number of halogens is 1. The van der Waals surface area contributed by atoms with E-state index in [1.54, 1.807) is 24.2 Å². The number of nitrogens with one attached hydrogen (secondary N) is 1. The van der Waals surface area contributed by atoms with Gasteiger partial charge in [-0.15, -0.1) is 0 Å². The van der Waals surface area contributed by atoms with Gasteiger partial charge < -0.3 is 20.9 Å². The molecule has 3 aliphatic heterocycles. The Morgan fingerprint density at radius 2 is 2.18 bits per heavy atom. The van der Waals surface area contributed by atoms with Crippen molar-refractivity contribution in [3.8, 4) is 0 Å². The normalized spacial score (nSPS) is 23.0. The minimum absolute atomic E-state index is 0.139. The number of carbonyl (C=O) groups is 1. The first-order chi connectivity index (χ1) is 13.6. The Bertz CT molecular complexity index is 877. The van der Waals surface area contributed by atoms with Crippen molar-refractivity contribution in [2.24, 2.45) is 10.7 Å². The lowest BCUT2D eigenvalue weighted by Gasteiger charge is -2.27. The number of pyridine rings is 1. The molecule has 28 heavy (non-hydrogen) atoms. The summed E-state index contributed by atoms with van der Waals surface area (Å²) in [6.45, 7) is 2.34. The standard InChI is InChI=1S/C19H23FN6OS/c1-22-11-12(10-21)26-9-6-14-16(19(26)27)28-18(23-14)13-4-5-15(24-17(13)20)25-7-2-3-8-25/h4-5,10-11,18,23H,2-3,6-9,21H2,1H3/b12-10+,22-11?. The zero-order valence-corrected chi connectivity index (χ0v) is 16.5. The molecular formula is C19H23FN6OS. The molecular weight excluding hydrogens is 379 g/mol. The molecule has 148 valence electrons. The summed E-state index contributed by atoms with van der Waals surface area (Å²) < 4.78 is 14.7. The van der Waals surface area contributed by atoms with Gasteiger partial charge in [0.15, 0.2) is 0 Å². The van der Waals surface area contributed by atoms with Gasteiger partial charge in [-0.25, -0.2) is 4.98 Å². The van der Waals surface area contributed by atoms with Crippen molar-refractivity contribution in [2.75, 3.05) is 31.6 Å². The summed E-state index contributed by atoms with van der Waals surface area (Å²) in [5.74, 6) is 0.0532. The number of anilines is 1. The molecule has 0 spiro atoms. The van der Waals surface area contributed by atoms with Crippen LogP contribution < -0.4 is 16.0 Å². The van der Waals surface area contributed by atoms with Gasteiger partial charge in [0.25, 0.3) is 5.91 Å². The van der Waals surface area contributed by atoms with Gasteiger partial charge in [0.2, 0.25) is 5.95 Å². The highest BCUT2D eigenvalue weighted by molar-refractivity contribution is 8.04. The molecule has 0 aliphatic carbocycles. The first-order valence-corrected chi connectivity index (χ1v) is 10.2. The average molecular weight is 402 g/mol. The summed E-state index contributed by atoms with van der Waals surface area (Å²) in [5, 5.41) is 2.93. The maximum absolute atomic E-state index is 14.7. The summed E-state index contributed by atoms with van der Waals surface area (Å²) in [5.41, 5.74) is 7.52. The van der Waals surface area contributed by atoms with Crippen LogP contribution in [0.3, 0.4) is 0 Å². The Morgan fingerprint density at radius 1 is 1.39 bits per heavy atom. The molecule has 3 N–H and O–H groups in total. The molecule has 4 rings (SSSR count). The Morgan fingerprint density at radius 3 is 2.86 bits per heavy atom. The average Bonchev–Trinajstić information content (AvgIpc) is 3.37. The summed E-state index contributed by atoms with van der Waals surface area (Å²) in [7, 11) is 1.63. The largest absolute Gasteiger partial charge is 0.403 e. The van der Waals surface area contributed by atoms with E-state index in [1.807, 2.05) is 6.07 Å². The van der Waals surface area contributed by atoms with E-state index >= 15 is 0 Å². The molecule has 1 atom stereocenters. The third-order valence-corrected chi connectivity index (χ3v) is 6.42. The number of carbonyl (C=O) groups excluding carboxylic acids is 1. The quantitative estimate of drug-likeness (QED) is 0.593. The number of hydrogen-bond donors (Lipinski definition) is 2. The topological polar surface area (TPSA) is 86.8 Å². The lowest BCUT2D eigenvalue weighted by Crippen LogP contribution is -2.37. The van der Waals surface area contributed by atoms with E-state index < -0.39 is 5.95 Å². The number of aliphatic imine (C=N–C) groups is 1. The Labute approximate surface area is 167 Å². The molecule has 0 bridgehead atoms. The Kier molecular flexibility index (Phi) is 5.25. The minimum atomic E-state index is -0.487. The molecule has 1 fully saturated rings. The SMILES string of the molecule is CN=C/C(=C\N)N1CCC2=C(SC(c3ccc(N4CCCC4)nc3F)N2)C1=O. The number of aromatic nitrogens is 1. The molecule has 4 heterocycles. The predicted octanol–water partition coefficient (Wildman–Crippen LogP) is 2.10. The van der Waals surface area contributed by atoms with E-state index in [-0.39, 0.29) is 11.3 Å². The van der Waals surface area contributed by atoms with Gasteiger partial charge in [-0.1, -0.05) is 11.8 Å². The van der Waals surface area contributed by atoms with Crippen molar-refractivity contribution in [1.82, 2.24) is 15.2 Å². The minimum Gasteiger partial charge on any atom is -0.403 e. The first-order valence-electron chi connectivity index (χ1n) is 9.36. The van der Waals surface area contributed by atoms with Gasteiger partial charge in [0, 0.05) is 56.8 Å². The van der Waals surface area contributed by atoms with Crippen LogP contribution in [0.5, 0.6) is 0 Å². The fourth-order valence-electron chi connectivity index (χ4n) is 3.73. The van der Waals surface area contributed by atoms with Crippen molar-refractivity contribution >= 4 is 29.7 Å². The van der Waals surface area contributed by atoms with E-state index in [2.05, 4.69) is 20.2 Å². The van der Waals surface area contributed by atoms with Gasteiger partial charge in [0.1, 0.15) is 11.2 Å². The fourth-order valence-corrected chi connectivity index (χ4v) is 4.99. The van der Waals surface area contributed by atoms with Crippen molar-refractivity contribution in [3.63, 3.8) is 0 Å². The van der Waals surface area contributed by atoms with E-state index in [9.17, 15) is 9.18 Å². The van der Waals surface area contributed by atoms with E-state index in [4.69, 9.17) is 5.73 Å². The number of amides is 1. The first kappa shape index (κ1) is 18.8. The third-order valence-electron chi connectivity index (χ3n) is 5.16. The van der Waals surface area contributed by atoms with Gasteiger partial charge in [-0.2, -0.15) is 4.39 Å². The highest BCUT2D eigenvalue weighted by Crippen LogP contribution is 2.44. The van der Waals surface area contributed by atoms with Crippen molar-refractivity contribution in [2.45, 2.75) is 24.6 Å². The second kappa shape index (κ2) is 7.83. The van der Waals surface area contributed by atoms with Gasteiger partial charge in [0.05, 0.1) is 10.6 Å². The van der Waals surface area contributed by atoms with Crippen LogP contribution in [0.4, 0.5) is 10.2 Å². The Balaban J connectivity index is 1.51. The molecule has 0 radical (unpaired) electrons. The predicted molar refractivity (Wildman–Crippen MR) is 109 cm³/mol. The van der Waals surface area contributed by atoms with Crippen LogP contribution in [0, 0.1) is 5.95 Å². The number of rotatable bonds is 4. The molecule has 1 unspecified atom stereocenters.